The summed E-state index contributed by atoms with van der Waals surface area (Å²) in [4.78, 5) is 27.8. The zero-order chi connectivity index (χ0) is 17.3. The van der Waals surface area contributed by atoms with Crippen molar-refractivity contribution >= 4 is 22.7 Å². The van der Waals surface area contributed by atoms with E-state index in [1.807, 2.05) is 26.0 Å². The van der Waals surface area contributed by atoms with E-state index in [9.17, 15) is 9.59 Å². The number of nitrogens with one attached hydrogen (secondary N) is 2. The van der Waals surface area contributed by atoms with E-state index >= 15 is 0 Å². The maximum atomic E-state index is 12.7. The molecule has 0 fully saturated rings. The molecule has 1 aliphatic rings. The Balaban J connectivity index is 1.77. The molecule has 1 aliphatic carbocycles. The fourth-order valence-corrected chi connectivity index (χ4v) is 3.59. The average molecular weight is 327 g/mol. The number of hydrogen-bond acceptors (Lipinski definition) is 2. The normalized spacial score (nSPS) is 19.5. The van der Waals surface area contributed by atoms with Crippen LogP contribution in [0.15, 0.2) is 24.3 Å². The van der Waals surface area contributed by atoms with Crippen LogP contribution < -0.4 is 11.1 Å². The van der Waals surface area contributed by atoms with Gasteiger partial charge in [-0.2, -0.15) is 0 Å². The van der Waals surface area contributed by atoms with Crippen LogP contribution in [0.2, 0.25) is 0 Å². The second kappa shape index (κ2) is 6.67. The summed E-state index contributed by atoms with van der Waals surface area (Å²) < 4.78 is 0. The molecular formula is C19H25N3O2. The van der Waals surface area contributed by atoms with Crippen molar-refractivity contribution in [3.63, 3.8) is 0 Å². The lowest BCUT2D eigenvalue weighted by atomic mass is 9.85. The zero-order valence-corrected chi connectivity index (χ0v) is 14.3. The van der Waals surface area contributed by atoms with Crippen molar-refractivity contribution in [3.8, 4) is 0 Å². The Labute approximate surface area is 142 Å². The molecule has 0 radical (unpaired) electrons. The van der Waals surface area contributed by atoms with Crippen molar-refractivity contribution in [2.24, 2.45) is 17.6 Å². The van der Waals surface area contributed by atoms with Gasteiger partial charge < -0.3 is 16.0 Å². The molecule has 3 atom stereocenters. The number of H-pyrrole nitrogens is 1. The molecule has 3 rings (SSSR count). The van der Waals surface area contributed by atoms with Crippen LogP contribution >= 0.6 is 0 Å². The smallest absolute Gasteiger partial charge is 0.240 e. The summed E-state index contributed by atoms with van der Waals surface area (Å²) in [5.41, 5.74) is 9.05. The summed E-state index contributed by atoms with van der Waals surface area (Å²) in [6.45, 7) is 3.93. The summed E-state index contributed by atoms with van der Waals surface area (Å²) >= 11 is 0. The Morgan fingerprint density at radius 2 is 2.12 bits per heavy atom. The molecule has 128 valence electrons. The molecule has 2 aromatic rings. The predicted molar refractivity (Wildman–Crippen MR) is 94.4 cm³/mol. The Hall–Kier alpha value is -2.30. The second-order valence-electron chi connectivity index (χ2n) is 6.84. The summed E-state index contributed by atoms with van der Waals surface area (Å²) in [5, 5.41) is 4.08. The first-order chi connectivity index (χ1) is 11.5. The number of aromatic amines is 1. The number of aromatic nitrogens is 1. The fourth-order valence-electron chi connectivity index (χ4n) is 3.59. The monoisotopic (exact) mass is 327 g/mol. The molecular weight excluding hydrogens is 302 g/mol. The molecule has 2 amide bonds. The van der Waals surface area contributed by atoms with Gasteiger partial charge in [0.2, 0.25) is 11.8 Å². The van der Waals surface area contributed by atoms with Crippen LogP contribution in [0.25, 0.3) is 10.9 Å². The van der Waals surface area contributed by atoms with Crippen molar-refractivity contribution < 1.29 is 9.59 Å². The molecule has 1 aromatic carbocycles. The van der Waals surface area contributed by atoms with E-state index in [0.717, 1.165) is 24.8 Å². The summed E-state index contributed by atoms with van der Waals surface area (Å²) in [5.74, 6) is -0.586. The largest absolute Gasteiger partial charge is 0.368 e. The lowest BCUT2D eigenvalue weighted by Gasteiger charge is -2.26. The molecule has 2 unspecified atom stereocenters. The topological polar surface area (TPSA) is 88.0 Å². The number of carbonyl (C=O) groups excluding carboxylic acids is 2. The third-order valence-corrected chi connectivity index (χ3v) is 5.28. The van der Waals surface area contributed by atoms with Gasteiger partial charge in [0.15, 0.2) is 0 Å². The quantitative estimate of drug-likeness (QED) is 0.787. The highest BCUT2D eigenvalue weighted by Crippen LogP contribution is 2.31. The minimum atomic E-state index is -0.591. The molecule has 1 heterocycles. The van der Waals surface area contributed by atoms with E-state index in [1.54, 1.807) is 0 Å². The number of benzene rings is 1. The fraction of sp³-hybridized carbons (Fsp3) is 0.474. The average Bonchev–Trinajstić information content (AvgIpc) is 2.96. The van der Waals surface area contributed by atoms with Crippen molar-refractivity contribution in [3.05, 3.63) is 35.5 Å². The van der Waals surface area contributed by atoms with Crippen molar-refractivity contribution in [1.82, 2.24) is 10.3 Å². The number of rotatable bonds is 5. The predicted octanol–water partition coefficient (Wildman–Crippen LogP) is 2.29. The number of para-hydroxylation sites is 1. The van der Waals surface area contributed by atoms with Crippen molar-refractivity contribution in [2.75, 3.05) is 0 Å². The highest BCUT2D eigenvalue weighted by Gasteiger charge is 2.31. The van der Waals surface area contributed by atoms with Gasteiger partial charge in [-0.25, -0.2) is 0 Å². The Kier molecular flexibility index (Phi) is 4.60. The standard InChI is InChI=1S/C19H25N3O2/c1-3-11(2)17(18(20)23)22-19(24)12-8-9-16-14(10-12)13-6-4-5-7-15(13)21-16/h4-7,11-12,17,21H,3,8-10H2,1-2H3,(H2,20,23)(H,22,24)/t11?,12?,17-/m0/s1. The number of carbonyl (C=O) groups is 2. The van der Waals surface area contributed by atoms with Crippen LogP contribution in [-0.4, -0.2) is 22.8 Å². The number of amides is 2. The van der Waals surface area contributed by atoms with Gasteiger partial charge in [-0.3, -0.25) is 9.59 Å². The van der Waals surface area contributed by atoms with Crippen LogP contribution in [0, 0.1) is 11.8 Å². The van der Waals surface area contributed by atoms with Gasteiger partial charge >= 0.3 is 0 Å². The molecule has 5 heteroatoms. The Morgan fingerprint density at radius 3 is 2.83 bits per heavy atom. The Morgan fingerprint density at radius 1 is 1.38 bits per heavy atom. The van der Waals surface area contributed by atoms with Crippen molar-refractivity contribution in [1.29, 1.82) is 0 Å². The number of fused-ring (bicyclic) bond motifs is 3. The second-order valence-corrected chi connectivity index (χ2v) is 6.84. The lowest BCUT2D eigenvalue weighted by Crippen LogP contribution is -2.50. The molecule has 5 nitrogen and oxygen atoms in total. The summed E-state index contributed by atoms with van der Waals surface area (Å²) in [6.07, 6.45) is 3.15. The molecule has 0 saturated carbocycles. The highest BCUT2D eigenvalue weighted by atomic mass is 16.2. The van der Waals surface area contributed by atoms with Crippen molar-refractivity contribution in [2.45, 2.75) is 45.6 Å². The van der Waals surface area contributed by atoms with Gasteiger partial charge in [0.25, 0.3) is 0 Å². The van der Waals surface area contributed by atoms with Gasteiger partial charge in [-0.1, -0.05) is 38.5 Å². The number of primary amides is 1. The number of nitrogens with two attached hydrogens (primary N) is 1. The minimum absolute atomic E-state index is 0.0405. The first-order valence-electron chi connectivity index (χ1n) is 8.69. The molecule has 1 aromatic heterocycles. The van der Waals surface area contributed by atoms with Crippen LogP contribution in [0.4, 0.5) is 0 Å². The van der Waals surface area contributed by atoms with E-state index in [-0.39, 0.29) is 17.7 Å². The van der Waals surface area contributed by atoms with Gasteiger partial charge in [0, 0.05) is 22.5 Å². The highest BCUT2D eigenvalue weighted by molar-refractivity contribution is 5.89. The van der Waals surface area contributed by atoms with E-state index in [0.29, 0.717) is 6.42 Å². The number of hydrogen-bond donors (Lipinski definition) is 3. The van der Waals surface area contributed by atoms with E-state index in [4.69, 9.17) is 5.73 Å². The molecule has 0 saturated heterocycles. The van der Waals surface area contributed by atoms with Gasteiger partial charge in [-0.15, -0.1) is 0 Å². The van der Waals surface area contributed by atoms with Gasteiger partial charge in [0.05, 0.1) is 0 Å². The first kappa shape index (κ1) is 16.6. The van der Waals surface area contributed by atoms with Crippen LogP contribution in [-0.2, 0) is 22.4 Å². The van der Waals surface area contributed by atoms with Crippen LogP contribution in [0.5, 0.6) is 0 Å². The Bertz CT molecular complexity index is 765. The van der Waals surface area contributed by atoms with Gasteiger partial charge in [-0.05, 0) is 36.8 Å². The molecule has 0 spiro atoms. The SMILES string of the molecule is CCC(C)[C@H](NC(=O)C1CCc2[nH]c3ccccc3c2C1)C(N)=O. The molecule has 4 N–H and O–H groups in total. The molecule has 0 aliphatic heterocycles. The lowest BCUT2D eigenvalue weighted by molar-refractivity contribution is -0.131. The first-order valence-corrected chi connectivity index (χ1v) is 8.69. The van der Waals surface area contributed by atoms with Gasteiger partial charge in [0.1, 0.15) is 6.04 Å². The van der Waals surface area contributed by atoms with E-state index in [1.165, 1.54) is 16.6 Å². The minimum Gasteiger partial charge on any atom is -0.368 e. The molecule has 0 bridgehead atoms. The third kappa shape index (κ3) is 3.03. The van der Waals surface area contributed by atoms with E-state index < -0.39 is 11.9 Å². The van der Waals surface area contributed by atoms with E-state index in [2.05, 4.69) is 22.4 Å². The summed E-state index contributed by atoms with van der Waals surface area (Å²) in [7, 11) is 0. The maximum Gasteiger partial charge on any atom is 0.240 e. The van der Waals surface area contributed by atoms with Crippen LogP contribution in [0.3, 0.4) is 0 Å². The zero-order valence-electron chi connectivity index (χ0n) is 14.3. The number of aryl methyl sites for hydroxylation is 1. The maximum absolute atomic E-state index is 12.7. The third-order valence-electron chi connectivity index (χ3n) is 5.28. The van der Waals surface area contributed by atoms with Crippen LogP contribution in [0.1, 0.15) is 37.9 Å². The molecule has 24 heavy (non-hydrogen) atoms. The summed E-state index contributed by atoms with van der Waals surface area (Å²) in [6, 6.07) is 7.60.